The van der Waals surface area contributed by atoms with Crippen LogP contribution in [0.4, 0.5) is 0 Å². The monoisotopic (exact) mass is 451 g/mol. The lowest BCUT2D eigenvalue weighted by Crippen LogP contribution is -2.89. The van der Waals surface area contributed by atoms with Gasteiger partial charge in [0, 0.05) is 22.4 Å². The third kappa shape index (κ3) is 4.56. The van der Waals surface area contributed by atoms with Gasteiger partial charge in [-0.15, -0.1) is 0 Å². The van der Waals surface area contributed by atoms with Gasteiger partial charge in [-0.1, -0.05) is 23.7 Å². The molecule has 4 N–H and O–H groups in total. The van der Waals surface area contributed by atoms with Crippen LogP contribution in [0.25, 0.3) is 5.70 Å². The number of phenols is 1. The maximum absolute atomic E-state index is 11.8. The highest BCUT2D eigenvalue weighted by Gasteiger charge is 2.29. The van der Waals surface area contributed by atoms with E-state index >= 15 is 0 Å². The minimum absolute atomic E-state index is 0.160. The quantitative estimate of drug-likeness (QED) is 0.514. The first-order valence-corrected chi connectivity index (χ1v) is 10.5. The van der Waals surface area contributed by atoms with Crippen molar-refractivity contribution < 1.29 is 24.7 Å². The fourth-order valence-electron chi connectivity index (χ4n) is 3.78. The number of rotatable bonds is 5. The summed E-state index contributed by atoms with van der Waals surface area (Å²) in [6, 6.07) is 19.9. The molecule has 3 aromatic carbocycles. The topological polar surface area (TPSA) is 84.4 Å². The molecule has 164 valence electrons. The minimum atomic E-state index is -0.377. The summed E-state index contributed by atoms with van der Waals surface area (Å²) in [7, 11) is 2.99. The van der Waals surface area contributed by atoms with Gasteiger partial charge in [0.25, 0.3) is 0 Å². The number of nitrogens with two attached hydrogens (primary N) is 1. The number of nitrogens with one attached hydrogen (secondary N) is 1. The molecule has 2 atom stereocenters. The van der Waals surface area contributed by atoms with Crippen molar-refractivity contribution in [2.45, 2.75) is 12.2 Å². The van der Waals surface area contributed by atoms with Crippen molar-refractivity contribution in [1.82, 2.24) is 5.32 Å². The highest BCUT2D eigenvalue weighted by atomic mass is 35.5. The number of carbonyl (C=O) groups excluding carboxylic acids is 1. The summed E-state index contributed by atoms with van der Waals surface area (Å²) in [5.74, 6) is 0.580. The summed E-state index contributed by atoms with van der Waals surface area (Å²) >= 11 is 6.22. The Morgan fingerprint density at radius 2 is 1.75 bits per heavy atom. The molecule has 0 fully saturated rings. The van der Waals surface area contributed by atoms with Gasteiger partial charge in [-0.2, -0.15) is 0 Å². The van der Waals surface area contributed by atoms with Crippen LogP contribution in [0.3, 0.4) is 0 Å². The van der Waals surface area contributed by atoms with Crippen LogP contribution in [0.5, 0.6) is 11.5 Å². The molecule has 0 bridgehead atoms. The molecule has 1 heterocycles. The molecule has 0 saturated carbocycles. The Morgan fingerprint density at radius 3 is 2.41 bits per heavy atom. The Kier molecular flexibility index (Phi) is 6.35. The number of methoxy groups -OCH3 is 2. The van der Waals surface area contributed by atoms with Gasteiger partial charge in [-0.05, 0) is 60.2 Å². The number of halogens is 1. The van der Waals surface area contributed by atoms with Crippen LogP contribution in [0.1, 0.15) is 39.3 Å². The third-order valence-corrected chi connectivity index (χ3v) is 5.73. The van der Waals surface area contributed by atoms with Crippen molar-refractivity contribution in [3.05, 3.63) is 100 Å². The molecule has 6 nitrogen and oxygen atoms in total. The van der Waals surface area contributed by atoms with E-state index in [-0.39, 0.29) is 23.9 Å². The summed E-state index contributed by atoms with van der Waals surface area (Å²) in [6.07, 6.45) is 1.90. The zero-order chi connectivity index (χ0) is 22.7. The average molecular weight is 452 g/mol. The first-order valence-electron chi connectivity index (χ1n) is 10.1. The van der Waals surface area contributed by atoms with Gasteiger partial charge in [-0.3, -0.25) is 0 Å². The predicted octanol–water partition coefficient (Wildman–Crippen LogP) is 3.79. The highest BCUT2D eigenvalue weighted by Crippen LogP contribution is 2.31. The van der Waals surface area contributed by atoms with Gasteiger partial charge in [0.15, 0.2) is 6.17 Å². The lowest BCUT2D eigenvalue weighted by atomic mass is 9.97. The van der Waals surface area contributed by atoms with Crippen LogP contribution >= 0.6 is 11.6 Å². The first kappa shape index (κ1) is 21.7. The second kappa shape index (κ2) is 9.34. The molecule has 7 heteroatoms. The standard InChI is InChI=1S/C25H23ClN2O4/c1-31-19-10-7-15(8-11-19)21-14-22(20-13-18(26)9-12-23(20)29)28-24(27-21)16-3-5-17(6-4-16)25(30)32-2/h3-14,22,24,27-29H,1-2H3/p+1. The van der Waals surface area contributed by atoms with E-state index in [0.717, 1.165) is 28.1 Å². The summed E-state index contributed by atoms with van der Waals surface area (Å²) in [5, 5.41) is 16.7. The van der Waals surface area contributed by atoms with Crippen LogP contribution in [0.15, 0.2) is 72.8 Å². The van der Waals surface area contributed by atoms with Crippen molar-refractivity contribution in [3.8, 4) is 11.5 Å². The van der Waals surface area contributed by atoms with Gasteiger partial charge in [0.05, 0.1) is 25.3 Å². The van der Waals surface area contributed by atoms with E-state index in [1.807, 2.05) is 36.4 Å². The largest absolute Gasteiger partial charge is 0.507 e. The summed E-state index contributed by atoms with van der Waals surface area (Å²) < 4.78 is 10.1. The fourth-order valence-corrected chi connectivity index (χ4v) is 3.96. The van der Waals surface area contributed by atoms with E-state index in [0.29, 0.717) is 10.6 Å². The molecule has 0 amide bonds. The molecule has 1 aliphatic rings. The Hall–Kier alpha value is -3.48. The molecule has 0 radical (unpaired) electrons. The molecule has 0 aromatic heterocycles. The van der Waals surface area contributed by atoms with E-state index < -0.39 is 0 Å². The zero-order valence-electron chi connectivity index (χ0n) is 17.7. The van der Waals surface area contributed by atoms with Crippen molar-refractivity contribution in [1.29, 1.82) is 0 Å². The molecular weight excluding hydrogens is 428 g/mol. The third-order valence-electron chi connectivity index (χ3n) is 5.50. The molecule has 4 rings (SSSR count). The Labute approximate surface area is 191 Å². The number of quaternary nitrogens is 1. The van der Waals surface area contributed by atoms with Crippen molar-refractivity contribution in [3.63, 3.8) is 0 Å². The van der Waals surface area contributed by atoms with E-state index in [1.54, 1.807) is 37.4 Å². The van der Waals surface area contributed by atoms with Crippen molar-refractivity contribution in [2.24, 2.45) is 0 Å². The van der Waals surface area contributed by atoms with Crippen LogP contribution in [0.2, 0.25) is 5.02 Å². The SMILES string of the molecule is COC(=O)c1ccc(C2NC(c3ccc(OC)cc3)=CC(c3cc(Cl)ccc3O)[NH2+]2)cc1. The smallest absolute Gasteiger partial charge is 0.337 e. The highest BCUT2D eigenvalue weighted by molar-refractivity contribution is 6.30. The van der Waals surface area contributed by atoms with Crippen LogP contribution in [0, 0.1) is 0 Å². The molecule has 1 aliphatic heterocycles. The number of aromatic hydroxyl groups is 1. The van der Waals surface area contributed by atoms with E-state index in [1.165, 1.54) is 7.11 Å². The molecule has 0 spiro atoms. The number of carbonyl (C=O) groups is 1. The fraction of sp³-hybridized carbons (Fsp3) is 0.160. The van der Waals surface area contributed by atoms with E-state index in [9.17, 15) is 9.90 Å². The van der Waals surface area contributed by atoms with Gasteiger partial charge >= 0.3 is 5.97 Å². The maximum atomic E-state index is 11.8. The van der Waals surface area contributed by atoms with Crippen LogP contribution < -0.4 is 15.4 Å². The summed E-state index contributed by atoms with van der Waals surface area (Å²) in [4.78, 5) is 11.8. The maximum Gasteiger partial charge on any atom is 0.337 e. The summed E-state index contributed by atoms with van der Waals surface area (Å²) in [6.45, 7) is 0. The number of hydrogen-bond donors (Lipinski definition) is 3. The van der Waals surface area contributed by atoms with Crippen molar-refractivity contribution >= 4 is 23.3 Å². The lowest BCUT2D eigenvalue weighted by Gasteiger charge is -2.30. The molecule has 3 aromatic rings. The second-order valence-corrected chi connectivity index (χ2v) is 7.90. The van der Waals surface area contributed by atoms with Gasteiger partial charge in [0.1, 0.15) is 17.5 Å². The molecule has 32 heavy (non-hydrogen) atoms. The summed E-state index contributed by atoms with van der Waals surface area (Å²) in [5.41, 5.74) is 4.09. The van der Waals surface area contributed by atoms with E-state index in [4.69, 9.17) is 21.1 Å². The number of esters is 1. The number of hydrogen-bond acceptors (Lipinski definition) is 5. The van der Waals surface area contributed by atoms with Gasteiger partial charge in [-0.25, -0.2) is 4.79 Å². The number of ether oxygens (including phenoxy) is 2. The predicted molar refractivity (Wildman–Crippen MR) is 122 cm³/mol. The molecule has 0 aliphatic carbocycles. The first-order chi connectivity index (χ1) is 15.5. The minimum Gasteiger partial charge on any atom is -0.507 e. The van der Waals surface area contributed by atoms with Crippen LogP contribution in [-0.4, -0.2) is 25.3 Å². The average Bonchev–Trinajstić information content (AvgIpc) is 2.85. The molecule has 2 unspecified atom stereocenters. The Morgan fingerprint density at radius 1 is 1.03 bits per heavy atom. The lowest BCUT2D eigenvalue weighted by molar-refractivity contribution is -0.731. The van der Waals surface area contributed by atoms with Crippen LogP contribution in [-0.2, 0) is 4.74 Å². The Bertz CT molecular complexity index is 1140. The van der Waals surface area contributed by atoms with E-state index in [2.05, 4.69) is 16.7 Å². The number of benzene rings is 3. The second-order valence-electron chi connectivity index (χ2n) is 7.47. The normalized spacial score (nSPS) is 17.8. The zero-order valence-corrected chi connectivity index (χ0v) is 18.5. The van der Waals surface area contributed by atoms with Gasteiger partial charge in [0.2, 0.25) is 0 Å². The van der Waals surface area contributed by atoms with Gasteiger partial charge < -0.3 is 25.2 Å². The molecular formula is C25H24ClN2O4+. The Balaban J connectivity index is 1.72. The molecule has 0 saturated heterocycles. The number of phenolic OH excluding ortho intramolecular Hbond substituents is 1. The van der Waals surface area contributed by atoms with Crippen molar-refractivity contribution in [2.75, 3.05) is 14.2 Å².